The van der Waals surface area contributed by atoms with Crippen LogP contribution in [0.3, 0.4) is 0 Å². The second-order valence-corrected chi connectivity index (χ2v) is 6.78. The number of sulfonamides is 1. The molecule has 0 aromatic carbocycles. The number of carbonyl (C=O) groups is 3. The first kappa shape index (κ1) is 16.9. The fourth-order valence-electron chi connectivity index (χ4n) is 1.18. The zero-order valence-corrected chi connectivity index (χ0v) is 12.3. The Hall–Kier alpha value is -2.12. The van der Waals surface area contributed by atoms with Crippen LogP contribution in [0.2, 0.25) is 0 Å². The number of primary amides is 1. The summed E-state index contributed by atoms with van der Waals surface area (Å²) >= 11 is 0.522. The molecule has 13 heteroatoms. The third-order valence-corrected chi connectivity index (χ3v) is 4.87. The van der Waals surface area contributed by atoms with E-state index in [1.165, 1.54) is 6.92 Å². The minimum Gasteiger partial charge on any atom is -0.480 e. The number of anilines is 1. The van der Waals surface area contributed by atoms with Crippen molar-refractivity contribution in [2.45, 2.75) is 11.3 Å². The molecule has 11 nitrogen and oxygen atoms in total. The highest BCUT2D eigenvalue weighted by molar-refractivity contribution is 7.91. The standard InChI is InChI=1S/C8H11N5O6S2/c1-4(14)10-7-11-12-8(20-7)21(18,19)13(2-5(9)15)3-6(16)17/h2-3H2,1H3,(H2,9,15)(H,16,17)(H,10,11,14). The van der Waals surface area contributed by atoms with Crippen LogP contribution in [0.1, 0.15) is 6.92 Å². The van der Waals surface area contributed by atoms with E-state index in [1.807, 2.05) is 0 Å². The first-order valence-electron chi connectivity index (χ1n) is 5.24. The van der Waals surface area contributed by atoms with Crippen LogP contribution < -0.4 is 11.1 Å². The summed E-state index contributed by atoms with van der Waals surface area (Å²) in [6.07, 6.45) is 0. The number of carboxylic acid groups (broad SMARTS) is 1. The minimum atomic E-state index is -4.36. The number of amides is 2. The Balaban J connectivity index is 3.09. The number of hydrogen-bond acceptors (Lipinski definition) is 8. The van der Waals surface area contributed by atoms with Gasteiger partial charge in [0.15, 0.2) is 0 Å². The summed E-state index contributed by atoms with van der Waals surface area (Å²) in [5.74, 6) is -2.97. The van der Waals surface area contributed by atoms with Crippen molar-refractivity contribution in [2.75, 3.05) is 18.4 Å². The van der Waals surface area contributed by atoms with Gasteiger partial charge in [0.2, 0.25) is 21.3 Å². The van der Waals surface area contributed by atoms with E-state index < -0.39 is 45.2 Å². The van der Waals surface area contributed by atoms with E-state index in [9.17, 15) is 22.8 Å². The van der Waals surface area contributed by atoms with Crippen molar-refractivity contribution in [3.05, 3.63) is 0 Å². The molecule has 4 N–H and O–H groups in total. The lowest BCUT2D eigenvalue weighted by Gasteiger charge is -2.16. The van der Waals surface area contributed by atoms with E-state index >= 15 is 0 Å². The molecule has 0 saturated carbocycles. The van der Waals surface area contributed by atoms with Gasteiger partial charge in [-0.2, -0.15) is 4.31 Å². The van der Waals surface area contributed by atoms with Crippen LogP contribution in [0.5, 0.6) is 0 Å². The summed E-state index contributed by atoms with van der Waals surface area (Å²) in [5, 5.41) is 17.6. The number of nitrogens with zero attached hydrogens (tertiary/aromatic N) is 3. The fraction of sp³-hybridized carbons (Fsp3) is 0.375. The first-order chi connectivity index (χ1) is 9.62. The molecular formula is C8H11N5O6S2. The largest absolute Gasteiger partial charge is 0.480 e. The summed E-state index contributed by atoms with van der Waals surface area (Å²) in [7, 11) is -4.36. The number of carboxylic acids is 1. The lowest BCUT2D eigenvalue weighted by molar-refractivity contribution is -0.137. The Kier molecular flexibility index (Phi) is 5.28. The molecule has 0 spiro atoms. The van der Waals surface area contributed by atoms with Gasteiger partial charge in [0, 0.05) is 6.92 Å². The molecule has 0 aliphatic rings. The van der Waals surface area contributed by atoms with E-state index in [0.29, 0.717) is 15.6 Å². The van der Waals surface area contributed by atoms with Crippen LogP contribution in [0, 0.1) is 0 Å². The van der Waals surface area contributed by atoms with Gasteiger partial charge in [-0.05, 0) is 0 Å². The van der Waals surface area contributed by atoms with Crippen LogP contribution >= 0.6 is 11.3 Å². The maximum Gasteiger partial charge on any atom is 0.318 e. The molecule has 1 aromatic rings. The van der Waals surface area contributed by atoms with E-state index in [4.69, 9.17) is 10.8 Å². The van der Waals surface area contributed by atoms with Crippen molar-refractivity contribution >= 4 is 44.3 Å². The maximum absolute atomic E-state index is 12.2. The van der Waals surface area contributed by atoms with Crippen molar-refractivity contribution in [2.24, 2.45) is 5.73 Å². The van der Waals surface area contributed by atoms with E-state index in [1.54, 1.807) is 0 Å². The predicted octanol–water partition coefficient (Wildman–Crippen LogP) is -1.94. The number of rotatable bonds is 7. The minimum absolute atomic E-state index is 0.0737. The summed E-state index contributed by atoms with van der Waals surface area (Å²) in [6, 6.07) is 0. The normalized spacial score (nSPS) is 11.3. The molecule has 0 radical (unpaired) electrons. The second kappa shape index (κ2) is 6.55. The molecule has 1 heterocycles. The van der Waals surface area contributed by atoms with Gasteiger partial charge in [-0.3, -0.25) is 14.4 Å². The average molecular weight is 337 g/mol. The number of aromatic nitrogens is 2. The molecular weight excluding hydrogens is 326 g/mol. The van der Waals surface area contributed by atoms with Gasteiger partial charge in [-0.1, -0.05) is 11.3 Å². The van der Waals surface area contributed by atoms with Crippen LogP contribution in [-0.2, 0) is 24.4 Å². The zero-order chi connectivity index (χ0) is 16.2. The number of nitrogens with two attached hydrogens (primary N) is 1. The van der Waals surface area contributed by atoms with Gasteiger partial charge in [-0.25, -0.2) is 8.42 Å². The predicted molar refractivity (Wildman–Crippen MR) is 69.8 cm³/mol. The Morgan fingerprint density at radius 1 is 1.33 bits per heavy atom. The van der Waals surface area contributed by atoms with E-state index in [0.717, 1.165) is 0 Å². The van der Waals surface area contributed by atoms with Gasteiger partial charge < -0.3 is 16.2 Å². The van der Waals surface area contributed by atoms with Gasteiger partial charge in [0.25, 0.3) is 10.0 Å². The molecule has 0 fully saturated rings. The Labute approximate surface area is 122 Å². The number of nitrogens with one attached hydrogen (secondary N) is 1. The van der Waals surface area contributed by atoms with Crippen molar-refractivity contribution in [3.63, 3.8) is 0 Å². The summed E-state index contributed by atoms with van der Waals surface area (Å²) in [4.78, 5) is 32.4. The monoisotopic (exact) mass is 337 g/mol. The quantitative estimate of drug-likeness (QED) is 0.482. The van der Waals surface area contributed by atoms with Crippen molar-refractivity contribution < 1.29 is 27.9 Å². The van der Waals surface area contributed by atoms with Gasteiger partial charge >= 0.3 is 5.97 Å². The number of hydrogen-bond donors (Lipinski definition) is 3. The fourth-order valence-corrected chi connectivity index (χ4v) is 3.62. The summed E-state index contributed by atoms with van der Waals surface area (Å²) in [5.41, 5.74) is 4.89. The number of aliphatic carboxylic acids is 1. The highest BCUT2D eigenvalue weighted by atomic mass is 32.2. The lowest BCUT2D eigenvalue weighted by Crippen LogP contribution is -2.41. The maximum atomic E-state index is 12.2. The second-order valence-electron chi connectivity index (χ2n) is 3.69. The zero-order valence-electron chi connectivity index (χ0n) is 10.6. The summed E-state index contributed by atoms with van der Waals surface area (Å²) in [6.45, 7) is -0.580. The Bertz CT molecular complexity index is 652. The Morgan fingerprint density at radius 2 is 1.95 bits per heavy atom. The van der Waals surface area contributed by atoms with Gasteiger partial charge in [-0.15, -0.1) is 10.2 Å². The highest BCUT2D eigenvalue weighted by Crippen LogP contribution is 2.23. The summed E-state index contributed by atoms with van der Waals surface area (Å²) < 4.78 is 24.1. The highest BCUT2D eigenvalue weighted by Gasteiger charge is 2.31. The first-order valence-corrected chi connectivity index (χ1v) is 7.50. The van der Waals surface area contributed by atoms with Crippen LogP contribution in [0.25, 0.3) is 0 Å². The molecule has 0 atom stereocenters. The van der Waals surface area contributed by atoms with Crippen molar-refractivity contribution in [1.82, 2.24) is 14.5 Å². The molecule has 0 saturated heterocycles. The smallest absolute Gasteiger partial charge is 0.318 e. The molecule has 1 aromatic heterocycles. The van der Waals surface area contributed by atoms with Gasteiger partial charge in [0.1, 0.15) is 6.54 Å². The molecule has 0 bridgehead atoms. The van der Waals surface area contributed by atoms with Crippen LogP contribution in [0.15, 0.2) is 4.34 Å². The van der Waals surface area contributed by atoms with Crippen molar-refractivity contribution in [1.29, 1.82) is 0 Å². The Morgan fingerprint density at radius 3 is 2.43 bits per heavy atom. The SMILES string of the molecule is CC(=O)Nc1nnc(S(=O)(=O)N(CC(N)=O)CC(=O)O)s1. The lowest BCUT2D eigenvalue weighted by atomic mass is 10.5. The molecule has 0 aliphatic carbocycles. The third-order valence-electron chi connectivity index (χ3n) is 1.89. The molecule has 116 valence electrons. The topological polar surface area (TPSA) is 173 Å². The van der Waals surface area contributed by atoms with Gasteiger partial charge in [0.05, 0.1) is 6.54 Å². The molecule has 21 heavy (non-hydrogen) atoms. The molecule has 2 amide bonds. The molecule has 0 unspecified atom stereocenters. The third kappa shape index (κ3) is 4.73. The van der Waals surface area contributed by atoms with Crippen molar-refractivity contribution in [3.8, 4) is 0 Å². The van der Waals surface area contributed by atoms with E-state index in [-0.39, 0.29) is 5.13 Å². The molecule has 1 rings (SSSR count). The van der Waals surface area contributed by atoms with Crippen LogP contribution in [-0.4, -0.2) is 58.9 Å². The molecule has 0 aliphatic heterocycles. The average Bonchev–Trinajstić information content (AvgIpc) is 2.75. The van der Waals surface area contributed by atoms with Crippen LogP contribution in [0.4, 0.5) is 5.13 Å². The number of carbonyl (C=O) groups excluding carboxylic acids is 2. The van der Waals surface area contributed by atoms with E-state index in [2.05, 4.69) is 15.5 Å².